The molecule has 0 fully saturated rings. The molecule has 1 aromatic carbocycles. The van der Waals surface area contributed by atoms with E-state index in [2.05, 4.69) is 0 Å². The Bertz CT molecular complexity index is 454. The van der Waals surface area contributed by atoms with E-state index in [4.69, 9.17) is 4.74 Å². The average molecular weight is 237 g/mol. The van der Waals surface area contributed by atoms with Crippen LogP contribution in [0.2, 0.25) is 0 Å². The zero-order valence-electron chi connectivity index (χ0n) is 10.1. The summed E-state index contributed by atoms with van der Waals surface area (Å²) >= 11 is 0. The highest BCUT2D eigenvalue weighted by molar-refractivity contribution is 5.75. The molecule has 0 aliphatic rings. The van der Waals surface area contributed by atoms with E-state index >= 15 is 0 Å². The highest BCUT2D eigenvalue weighted by Gasteiger charge is 2.19. The number of rotatable bonds is 4. The highest BCUT2D eigenvalue weighted by Crippen LogP contribution is 2.24. The molecule has 0 aromatic heterocycles. The van der Waals surface area contributed by atoms with Crippen molar-refractivity contribution in [2.75, 3.05) is 6.61 Å². The minimum Gasteiger partial charge on any atom is -0.466 e. The first-order valence-electron chi connectivity index (χ1n) is 5.35. The Labute approximate surface area is 99.5 Å². The van der Waals surface area contributed by atoms with Crippen molar-refractivity contribution in [3.63, 3.8) is 0 Å². The number of hydrogen-bond donors (Lipinski definition) is 0. The van der Waals surface area contributed by atoms with Gasteiger partial charge in [-0.25, -0.2) is 0 Å². The lowest BCUT2D eigenvalue weighted by Gasteiger charge is -2.07. The van der Waals surface area contributed by atoms with Crippen LogP contribution in [-0.2, 0) is 16.0 Å². The number of nitro benzene ring substituents is 1. The Morgan fingerprint density at radius 2 is 2.06 bits per heavy atom. The summed E-state index contributed by atoms with van der Waals surface area (Å²) in [6.07, 6.45) is -0.0593. The molecule has 17 heavy (non-hydrogen) atoms. The molecule has 92 valence electrons. The molecule has 0 spiro atoms. The van der Waals surface area contributed by atoms with E-state index in [1.165, 1.54) is 6.07 Å². The molecular weight excluding hydrogens is 222 g/mol. The molecule has 0 radical (unpaired) electrons. The van der Waals surface area contributed by atoms with Gasteiger partial charge in [-0.05, 0) is 31.9 Å². The molecular formula is C12H15NO4. The average Bonchev–Trinajstić information content (AvgIpc) is 2.21. The maximum absolute atomic E-state index is 11.4. The summed E-state index contributed by atoms with van der Waals surface area (Å²) < 4.78 is 4.80. The van der Waals surface area contributed by atoms with Gasteiger partial charge in [-0.15, -0.1) is 0 Å². The van der Waals surface area contributed by atoms with E-state index < -0.39 is 10.9 Å². The number of carbonyl (C=O) groups excluding carboxylic acids is 1. The third-order valence-electron chi connectivity index (χ3n) is 2.42. The molecule has 5 heteroatoms. The van der Waals surface area contributed by atoms with Crippen molar-refractivity contribution >= 4 is 11.7 Å². The summed E-state index contributed by atoms with van der Waals surface area (Å²) in [5.41, 5.74) is 1.96. The monoisotopic (exact) mass is 237 g/mol. The molecule has 0 saturated heterocycles. The summed E-state index contributed by atoms with van der Waals surface area (Å²) in [7, 11) is 0. The fourth-order valence-corrected chi connectivity index (χ4v) is 1.72. The predicted octanol–water partition coefficient (Wildman–Crippen LogP) is 2.32. The van der Waals surface area contributed by atoms with Gasteiger partial charge in [0.1, 0.15) is 0 Å². The van der Waals surface area contributed by atoms with Crippen LogP contribution >= 0.6 is 0 Å². The first-order chi connectivity index (χ1) is 7.95. The third-order valence-corrected chi connectivity index (χ3v) is 2.42. The van der Waals surface area contributed by atoms with Gasteiger partial charge in [0, 0.05) is 11.6 Å². The summed E-state index contributed by atoms with van der Waals surface area (Å²) in [5.74, 6) is -0.442. The van der Waals surface area contributed by atoms with Crippen LogP contribution in [0.5, 0.6) is 0 Å². The molecule has 0 amide bonds. The maximum Gasteiger partial charge on any atom is 0.310 e. The van der Waals surface area contributed by atoms with Gasteiger partial charge in [0.2, 0.25) is 0 Å². The maximum atomic E-state index is 11.4. The smallest absolute Gasteiger partial charge is 0.310 e. The van der Waals surface area contributed by atoms with Crippen molar-refractivity contribution in [2.45, 2.75) is 27.2 Å². The molecule has 0 saturated carbocycles. The van der Waals surface area contributed by atoms with E-state index in [9.17, 15) is 14.9 Å². The lowest BCUT2D eigenvalue weighted by molar-refractivity contribution is -0.385. The topological polar surface area (TPSA) is 69.4 Å². The van der Waals surface area contributed by atoms with E-state index in [1.807, 2.05) is 6.07 Å². The molecule has 0 heterocycles. The number of benzene rings is 1. The number of carbonyl (C=O) groups is 1. The van der Waals surface area contributed by atoms with Gasteiger partial charge in [-0.3, -0.25) is 14.9 Å². The quantitative estimate of drug-likeness (QED) is 0.457. The number of aryl methyl sites for hydroxylation is 2. The SMILES string of the molecule is CCOC(=O)Cc1c(C)cc(C)cc1[N+](=O)[O-]. The van der Waals surface area contributed by atoms with Crippen LogP contribution < -0.4 is 0 Å². The van der Waals surface area contributed by atoms with Crippen molar-refractivity contribution in [3.8, 4) is 0 Å². The van der Waals surface area contributed by atoms with Gasteiger partial charge in [0.15, 0.2) is 0 Å². The lowest BCUT2D eigenvalue weighted by atomic mass is 10.0. The highest BCUT2D eigenvalue weighted by atomic mass is 16.6. The molecule has 1 rings (SSSR count). The van der Waals surface area contributed by atoms with Crippen LogP contribution in [0.25, 0.3) is 0 Å². The van der Waals surface area contributed by atoms with Crippen LogP contribution in [0, 0.1) is 24.0 Å². The summed E-state index contributed by atoms with van der Waals surface area (Å²) in [4.78, 5) is 21.8. The Kier molecular flexibility index (Phi) is 4.20. The van der Waals surface area contributed by atoms with Crippen LogP contribution in [-0.4, -0.2) is 17.5 Å². The first-order valence-corrected chi connectivity index (χ1v) is 5.35. The van der Waals surface area contributed by atoms with Crippen LogP contribution in [0.15, 0.2) is 12.1 Å². The van der Waals surface area contributed by atoms with Crippen LogP contribution in [0.3, 0.4) is 0 Å². The minimum absolute atomic E-state index is 0.0180. The van der Waals surface area contributed by atoms with Crippen molar-refractivity contribution < 1.29 is 14.5 Å². The zero-order chi connectivity index (χ0) is 13.0. The van der Waals surface area contributed by atoms with Gasteiger partial charge in [0.25, 0.3) is 5.69 Å². The van der Waals surface area contributed by atoms with Crippen molar-refractivity contribution in [1.29, 1.82) is 0 Å². The molecule has 0 aliphatic carbocycles. The second-order valence-corrected chi connectivity index (χ2v) is 3.82. The summed E-state index contributed by atoms with van der Waals surface area (Å²) in [5, 5.41) is 10.9. The van der Waals surface area contributed by atoms with Crippen LogP contribution in [0.4, 0.5) is 5.69 Å². The van der Waals surface area contributed by atoms with E-state index in [-0.39, 0.29) is 18.7 Å². The molecule has 1 aromatic rings. The second kappa shape index (κ2) is 5.43. The van der Waals surface area contributed by atoms with Gasteiger partial charge in [0.05, 0.1) is 18.0 Å². The zero-order valence-corrected chi connectivity index (χ0v) is 10.1. The Balaban J connectivity index is 3.12. The normalized spacial score (nSPS) is 10.1. The Morgan fingerprint density at radius 1 is 1.41 bits per heavy atom. The van der Waals surface area contributed by atoms with E-state index in [0.717, 1.165) is 11.1 Å². The Hall–Kier alpha value is -1.91. The number of nitrogens with zero attached hydrogens (tertiary/aromatic N) is 1. The molecule has 0 unspecified atom stereocenters. The minimum atomic E-state index is -0.464. The molecule has 0 bridgehead atoms. The molecule has 0 atom stereocenters. The third kappa shape index (κ3) is 3.27. The molecule has 0 aliphatic heterocycles. The second-order valence-electron chi connectivity index (χ2n) is 3.82. The van der Waals surface area contributed by atoms with Crippen molar-refractivity contribution in [2.24, 2.45) is 0 Å². The first kappa shape index (κ1) is 13.2. The standard InChI is InChI=1S/C12H15NO4/c1-4-17-12(14)7-10-9(3)5-8(2)6-11(10)13(15)16/h5-6H,4,7H2,1-3H3. The molecule has 0 N–H and O–H groups in total. The van der Waals surface area contributed by atoms with Gasteiger partial charge < -0.3 is 4.74 Å². The van der Waals surface area contributed by atoms with Gasteiger partial charge >= 0.3 is 5.97 Å². The number of esters is 1. The van der Waals surface area contributed by atoms with Gasteiger partial charge in [-0.2, -0.15) is 0 Å². The van der Waals surface area contributed by atoms with E-state index in [1.54, 1.807) is 20.8 Å². The summed E-state index contributed by atoms with van der Waals surface area (Å²) in [6.45, 7) is 5.52. The largest absolute Gasteiger partial charge is 0.466 e. The number of ether oxygens (including phenoxy) is 1. The van der Waals surface area contributed by atoms with Gasteiger partial charge in [-0.1, -0.05) is 6.07 Å². The molecule has 5 nitrogen and oxygen atoms in total. The van der Waals surface area contributed by atoms with Crippen molar-refractivity contribution in [3.05, 3.63) is 38.9 Å². The van der Waals surface area contributed by atoms with Crippen LogP contribution in [0.1, 0.15) is 23.6 Å². The number of nitro groups is 1. The fourth-order valence-electron chi connectivity index (χ4n) is 1.72. The Morgan fingerprint density at radius 3 is 2.59 bits per heavy atom. The van der Waals surface area contributed by atoms with E-state index in [0.29, 0.717) is 5.56 Å². The number of hydrogen-bond acceptors (Lipinski definition) is 4. The fraction of sp³-hybridized carbons (Fsp3) is 0.417. The predicted molar refractivity (Wildman–Crippen MR) is 62.9 cm³/mol. The lowest BCUT2D eigenvalue weighted by Crippen LogP contribution is -2.10. The summed E-state index contributed by atoms with van der Waals surface area (Å²) in [6, 6.07) is 3.29. The van der Waals surface area contributed by atoms with Crippen molar-refractivity contribution in [1.82, 2.24) is 0 Å².